The second kappa shape index (κ2) is 9.76. The number of rotatable bonds is 5. The van der Waals surface area contributed by atoms with Crippen LogP contribution in [0.3, 0.4) is 0 Å². The van der Waals surface area contributed by atoms with Gasteiger partial charge in [-0.15, -0.1) is 0 Å². The molecule has 5 nitrogen and oxygen atoms in total. The smallest absolute Gasteiger partial charge is 0.262 e. The van der Waals surface area contributed by atoms with E-state index in [1.807, 2.05) is 24.0 Å². The maximum absolute atomic E-state index is 12.7. The van der Waals surface area contributed by atoms with Crippen molar-refractivity contribution in [1.29, 1.82) is 0 Å². The minimum atomic E-state index is -0.282. The summed E-state index contributed by atoms with van der Waals surface area (Å²) in [4.78, 5) is 27.0. The Morgan fingerprint density at radius 3 is 2.59 bits per heavy atom. The molecule has 1 heterocycles. The van der Waals surface area contributed by atoms with Gasteiger partial charge in [0.2, 0.25) is 0 Å². The molecule has 0 atom stereocenters. The molecular formula is C22H24Br2N2O3. The van der Waals surface area contributed by atoms with E-state index < -0.39 is 0 Å². The number of benzene rings is 2. The third-order valence-corrected chi connectivity index (χ3v) is 6.05. The van der Waals surface area contributed by atoms with Crippen LogP contribution in [0.25, 0.3) is 0 Å². The minimum Gasteiger partial charge on any atom is -0.482 e. The lowest BCUT2D eigenvalue weighted by Gasteiger charge is -2.30. The van der Waals surface area contributed by atoms with Crippen LogP contribution < -0.4 is 10.1 Å². The molecule has 0 saturated carbocycles. The molecule has 2 amide bonds. The van der Waals surface area contributed by atoms with Crippen molar-refractivity contribution in [3.63, 3.8) is 0 Å². The first kappa shape index (κ1) is 21.8. The van der Waals surface area contributed by atoms with E-state index in [0.717, 1.165) is 40.4 Å². The molecule has 0 aliphatic carbocycles. The van der Waals surface area contributed by atoms with E-state index in [9.17, 15) is 9.59 Å². The number of likely N-dealkylation sites (tertiary alicyclic amines) is 1. The van der Waals surface area contributed by atoms with Gasteiger partial charge in [0.25, 0.3) is 11.8 Å². The SMILES string of the molecule is Cc1cc(Br)cc(Br)c1OCC(=O)Nc1cccc(C(=O)N2CCC(C)CC2)c1. The van der Waals surface area contributed by atoms with E-state index in [0.29, 0.717) is 22.9 Å². The van der Waals surface area contributed by atoms with Gasteiger partial charge in [0.1, 0.15) is 5.75 Å². The molecule has 2 aromatic rings. The highest BCUT2D eigenvalue weighted by molar-refractivity contribution is 9.11. The number of nitrogens with one attached hydrogen (secondary N) is 1. The summed E-state index contributed by atoms with van der Waals surface area (Å²) in [5.41, 5.74) is 2.09. The average Bonchev–Trinajstić information content (AvgIpc) is 2.67. The number of amides is 2. The van der Waals surface area contributed by atoms with Crippen molar-refractivity contribution >= 4 is 49.4 Å². The van der Waals surface area contributed by atoms with Gasteiger partial charge in [-0.3, -0.25) is 9.59 Å². The van der Waals surface area contributed by atoms with Gasteiger partial charge in [-0.05, 0) is 77.5 Å². The fourth-order valence-electron chi connectivity index (χ4n) is 3.33. The number of carbonyl (C=O) groups excluding carboxylic acids is 2. The molecular weight excluding hydrogens is 500 g/mol. The van der Waals surface area contributed by atoms with Crippen LogP contribution in [0.2, 0.25) is 0 Å². The van der Waals surface area contributed by atoms with Crippen molar-refractivity contribution in [2.24, 2.45) is 5.92 Å². The summed E-state index contributed by atoms with van der Waals surface area (Å²) in [6.07, 6.45) is 2.06. The van der Waals surface area contributed by atoms with E-state index >= 15 is 0 Å². The number of hydrogen-bond acceptors (Lipinski definition) is 3. The Morgan fingerprint density at radius 2 is 1.90 bits per heavy atom. The molecule has 0 spiro atoms. The van der Waals surface area contributed by atoms with Crippen molar-refractivity contribution in [3.05, 3.63) is 56.5 Å². The van der Waals surface area contributed by atoms with Crippen LogP contribution in [-0.4, -0.2) is 36.4 Å². The fraction of sp³-hybridized carbons (Fsp3) is 0.364. The molecule has 0 aromatic heterocycles. The Balaban J connectivity index is 1.60. The molecule has 29 heavy (non-hydrogen) atoms. The maximum Gasteiger partial charge on any atom is 0.262 e. The third kappa shape index (κ3) is 5.82. The van der Waals surface area contributed by atoms with Crippen LogP contribution in [0.5, 0.6) is 5.75 Å². The van der Waals surface area contributed by atoms with E-state index in [-0.39, 0.29) is 18.4 Å². The summed E-state index contributed by atoms with van der Waals surface area (Å²) in [6, 6.07) is 10.9. The summed E-state index contributed by atoms with van der Waals surface area (Å²) in [5.74, 6) is 1.03. The Bertz CT molecular complexity index is 886. The van der Waals surface area contributed by atoms with Gasteiger partial charge in [0.05, 0.1) is 4.47 Å². The second-order valence-corrected chi connectivity index (χ2v) is 9.20. The molecule has 0 bridgehead atoms. The maximum atomic E-state index is 12.7. The third-order valence-electron chi connectivity index (χ3n) is 5.01. The highest BCUT2D eigenvalue weighted by Crippen LogP contribution is 2.32. The van der Waals surface area contributed by atoms with Crippen LogP contribution in [-0.2, 0) is 4.79 Å². The molecule has 1 aliphatic heterocycles. The quantitative estimate of drug-likeness (QED) is 0.570. The lowest BCUT2D eigenvalue weighted by atomic mass is 9.98. The van der Waals surface area contributed by atoms with Gasteiger partial charge in [0.15, 0.2) is 6.61 Å². The fourth-order valence-corrected chi connectivity index (χ4v) is 4.88. The zero-order chi connectivity index (χ0) is 21.0. The van der Waals surface area contributed by atoms with Crippen molar-refractivity contribution in [2.45, 2.75) is 26.7 Å². The number of anilines is 1. The summed E-state index contributed by atoms with van der Waals surface area (Å²) in [5, 5.41) is 2.81. The van der Waals surface area contributed by atoms with Gasteiger partial charge in [-0.1, -0.05) is 28.9 Å². The van der Waals surface area contributed by atoms with Crippen molar-refractivity contribution in [3.8, 4) is 5.75 Å². The van der Waals surface area contributed by atoms with E-state index in [2.05, 4.69) is 44.1 Å². The Labute approximate surface area is 188 Å². The molecule has 154 valence electrons. The number of halogens is 2. The molecule has 1 N–H and O–H groups in total. The first-order chi connectivity index (χ1) is 13.8. The summed E-state index contributed by atoms with van der Waals surface area (Å²) in [7, 11) is 0. The Morgan fingerprint density at radius 1 is 1.17 bits per heavy atom. The van der Waals surface area contributed by atoms with Gasteiger partial charge in [-0.2, -0.15) is 0 Å². The van der Waals surface area contributed by atoms with E-state index in [1.54, 1.807) is 24.3 Å². The largest absolute Gasteiger partial charge is 0.482 e. The average molecular weight is 524 g/mol. The molecule has 3 rings (SSSR count). The number of ether oxygens (including phenoxy) is 1. The summed E-state index contributed by atoms with van der Waals surface area (Å²) < 4.78 is 7.40. The number of aryl methyl sites for hydroxylation is 1. The molecule has 2 aromatic carbocycles. The molecule has 1 aliphatic rings. The van der Waals surface area contributed by atoms with Gasteiger partial charge >= 0.3 is 0 Å². The molecule has 7 heteroatoms. The molecule has 1 fully saturated rings. The van der Waals surface area contributed by atoms with E-state index in [4.69, 9.17) is 4.74 Å². The topological polar surface area (TPSA) is 58.6 Å². The van der Waals surface area contributed by atoms with Crippen molar-refractivity contribution in [2.75, 3.05) is 25.0 Å². The lowest BCUT2D eigenvalue weighted by molar-refractivity contribution is -0.118. The summed E-state index contributed by atoms with van der Waals surface area (Å²) in [6.45, 7) is 5.58. The van der Waals surface area contributed by atoms with E-state index in [1.165, 1.54) is 0 Å². The predicted octanol–water partition coefficient (Wildman–Crippen LogP) is 5.41. The first-order valence-corrected chi connectivity index (χ1v) is 11.2. The number of nitrogens with zero attached hydrogens (tertiary/aromatic N) is 1. The lowest BCUT2D eigenvalue weighted by Crippen LogP contribution is -2.37. The van der Waals surface area contributed by atoms with Crippen LogP contribution in [0.4, 0.5) is 5.69 Å². The summed E-state index contributed by atoms with van der Waals surface area (Å²) >= 11 is 6.88. The predicted molar refractivity (Wildman–Crippen MR) is 121 cm³/mol. The van der Waals surface area contributed by atoms with Gasteiger partial charge in [0, 0.05) is 28.8 Å². The number of piperidine rings is 1. The molecule has 0 radical (unpaired) electrons. The highest BCUT2D eigenvalue weighted by atomic mass is 79.9. The van der Waals surface area contributed by atoms with Crippen LogP contribution in [0.1, 0.15) is 35.7 Å². The first-order valence-electron chi connectivity index (χ1n) is 9.61. The number of carbonyl (C=O) groups is 2. The van der Waals surface area contributed by atoms with Crippen LogP contribution in [0.15, 0.2) is 45.3 Å². The van der Waals surface area contributed by atoms with Crippen LogP contribution in [0, 0.1) is 12.8 Å². The standard InChI is InChI=1S/C22H24Br2N2O3/c1-14-6-8-26(9-7-14)22(28)16-4-3-5-18(11-16)25-20(27)13-29-21-15(2)10-17(23)12-19(21)24/h3-5,10-12,14H,6-9,13H2,1-2H3,(H,25,27). The Kier molecular flexibility index (Phi) is 7.35. The Hall–Kier alpha value is -1.86. The van der Waals surface area contributed by atoms with Crippen molar-refractivity contribution in [1.82, 2.24) is 4.90 Å². The van der Waals surface area contributed by atoms with Gasteiger partial charge in [-0.25, -0.2) is 0 Å². The monoisotopic (exact) mass is 522 g/mol. The number of hydrogen-bond donors (Lipinski definition) is 1. The van der Waals surface area contributed by atoms with Crippen LogP contribution >= 0.6 is 31.9 Å². The zero-order valence-corrected chi connectivity index (χ0v) is 19.7. The highest BCUT2D eigenvalue weighted by Gasteiger charge is 2.21. The normalized spacial score (nSPS) is 14.6. The molecule has 1 saturated heterocycles. The molecule has 0 unspecified atom stereocenters. The van der Waals surface area contributed by atoms with Crippen molar-refractivity contribution < 1.29 is 14.3 Å². The zero-order valence-electron chi connectivity index (χ0n) is 16.5. The van der Waals surface area contributed by atoms with Gasteiger partial charge < -0.3 is 15.0 Å². The minimum absolute atomic E-state index is 0.0127. The second-order valence-electron chi connectivity index (χ2n) is 7.43.